The van der Waals surface area contributed by atoms with Gasteiger partial charge in [0.05, 0.1) is 5.92 Å². The lowest BCUT2D eigenvalue weighted by atomic mass is 9.88. The summed E-state index contributed by atoms with van der Waals surface area (Å²) in [4.78, 5) is 11.1. The van der Waals surface area contributed by atoms with Crippen molar-refractivity contribution in [2.24, 2.45) is 11.8 Å². The first-order valence-electron chi connectivity index (χ1n) is 8.61. The molecule has 0 aliphatic heterocycles. The molecule has 0 saturated carbocycles. The summed E-state index contributed by atoms with van der Waals surface area (Å²) in [7, 11) is 0. The molecule has 0 saturated heterocycles. The average Bonchev–Trinajstić information content (AvgIpc) is 2.48. The largest absolute Gasteiger partial charge is 0.481 e. The van der Waals surface area contributed by atoms with Crippen LogP contribution in [0.3, 0.4) is 0 Å². The van der Waals surface area contributed by atoms with Crippen molar-refractivity contribution in [3.8, 4) is 0 Å². The molecule has 4 nitrogen and oxygen atoms in total. The number of rotatable bonds is 15. The monoisotopic (exact) mass is 302 g/mol. The Morgan fingerprint density at radius 1 is 0.810 bits per heavy atom. The van der Waals surface area contributed by atoms with E-state index >= 15 is 0 Å². The second kappa shape index (κ2) is 14.3. The highest BCUT2D eigenvalue weighted by atomic mass is 16.4. The predicted molar refractivity (Wildman–Crippen MR) is 85.2 cm³/mol. The smallest absolute Gasteiger partial charge is 0.306 e. The molecule has 0 fully saturated rings. The summed E-state index contributed by atoms with van der Waals surface area (Å²) < 4.78 is 0. The maximum absolute atomic E-state index is 11.1. The number of carboxylic acids is 1. The van der Waals surface area contributed by atoms with E-state index in [1.165, 1.54) is 44.9 Å². The van der Waals surface area contributed by atoms with E-state index in [1.807, 2.05) is 0 Å². The molecule has 0 aliphatic carbocycles. The maximum atomic E-state index is 11.1. The van der Waals surface area contributed by atoms with Crippen LogP contribution in [0.25, 0.3) is 0 Å². The second-order valence-electron chi connectivity index (χ2n) is 6.04. The molecule has 0 amide bonds. The number of hydrogen-bond acceptors (Lipinski definition) is 3. The van der Waals surface area contributed by atoms with Gasteiger partial charge in [0.1, 0.15) is 0 Å². The fraction of sp³-hybridized carbons (Fsp3) is 0.941. The first-order valence-corrected chi connectivity index (χ1v) is 8.61. The van der Waals surface area contributed by atoms with Crippen molar-refractivity contribution < 1.29 is 20.1 Å². The van der Waals surface area contributed by atoms with Crippen LogP contribution in [-0.4, -0.2) is 34.5 Å². The number of carbonyl (C=O) groups is 1. The van der Waals surface area contributed by atoms with Crippen molar-refractivity contribution >= 4 is 5.97 Å². The number of aliphatic carboxylic acids is 1. The van der Waals surface area contributed by atoms with Gasteiger partial charge in [-0.2, -0.15) is 0 Å². The fourth-order valence-electron chi connectivity index (χ4n) is 2.72. The van der Waals surface area contributed by atoms with Gasteiger partial charge in [0.25, 0.3) is 0 Å². The molecule has 21 heavy (non-hydrogen) atoms. The zero-order chi connectivity index (χ0) is 15.9. The molecule has 0 bridgehead atoms. The van der Waals surface area contributed by atoms with E-state index in [4.69, 9.17) is 15.3 Å². The Labute approximate surface area is 129 Å². The lowest BCUT2D eigenvalue weighted by molar-refractivity contribution is -0.145. The number of aliphatic hydroxyl groups is 2. The number of unbranched alkanes of at least 4 members (excludes halogenated alkanes) is 9. The third-order valence-electron chi connectivity index (χ3n) is 4.22. The molecule has 0 aromatic rings. The Balaban J connectivity index is 3.57. The third-order valence-corrected chi connectivity index (χ3v) is 4.22. The van der Waals surface area contributed by atoms with Crippen LogP contribution < -0.4 is 0 Å². The topological polar surface area (TPSA) is 77.8 Å². The minimum Gasteiger partial charge on any atom is -0.481 e. The zero-order valence-electron chi connectivity index (χ0n) is 13.6. The Hall–Kier alpha value is -0.610. The molecular weight excluding hydrogens is 268 g/mol. The van der Waals surface area contributed by atoms with E-state index in [-0.39, 0.29) is 13.2 Å². The van der Waals surface area contributed by atoms with Gasteiger partial charge in [0.15, 0.2) is 0 Å². The van der Waals surface area contributed by atoms with Gasteiger partial charge in [-0.1, -0.05) is 71.1 Å². The molecule has 0 aromatic heterocycles. The van der Waals surface area contributed by atoms with Gasteiger partial charge in [-0.3, -0.25) is 4.79 Å². The molecule has 0 heterocycles. The first-order chi connectivity index (χ1) is 10.2. The van der Waals surface area contributed by atoms with Crippen molar-refractivity contribution in [3.63, 3.8) is 0 Å². The van der Waals surface area contributed by atoms with Crippen molar-refractivity contribution in [1.29, 1.82) is 0 Å². The van der Waals surface area contributed by atoms with Gasteiger partial charge in [-0.25, -0.2) is 0 Å². The zero-order valence-corrected chi connectivity index (χ0v) is 13.6. The van der Waals surface area contributed by atoms with Crippen molar-refractivity contribution in [1.82, 2.24) is 0 Å². The van der Waals surface area contributed by atoms with E-state index in [2.05, 4.69) is 6.92 Å². The average molecular weight is 302 g/mol. The quantitative estimate of drug-likeness (QED) is 0.404. The number of carboxylic acid groups (broad SMARTS) is 1. The molecular formula is C17H34O4. The molecule has 1 atom stereocenters. The van der Waals surface area contributed by atoms with Crippen molar-refractivity contribution in [2.45, 2.75) is 77.6 Å². The van der Waals surface area contributed by atoms with Gasteiger partial charge in [-0.15, -0.1) is 0 Å². The van der Waals surface area contributed by atoms with E-state index in [0.717, 1.165) is 19.3 Å². The van der Waals surface area contributed by atoms with Crippen LogP contribution in [-0.2, 0) is 4.79 Å². The van der Waals surface area contributed by atoms with Gasteiger partial charge in [-0.05, 0) is 6.42 Å². The summed E-state index contributed by atoms with van der Waals surface area (Å²) in [6, 6.07) is 0. The molecule has 1 unspecified atom stereocenters. The highest BCUT2D eigenvalue weighted by molar-refractivity contribution is 5.70. The number of aliphatic hydroxyl groups excluding tert-OH is 2. The van der Waals surface area contributed by atoms with E-state index < -0.39 is 17.8 Å². The summed E-state index contributed by atoms with van der Waals surface area (Å²) in [5.41, 5.74) is 0. The molecule has 3 N–H and O–H groups in total. The van der Waals surface area contributed by atoms with E-state index in [0.29, 0.717) is 6.42 Å². The van der Waals surface area contributed by atoms with Gasteiger partial charge in [0.2, 0.25) is 0 Å². The molecule has 0 rings (SSSR count). The predicted octanol–water partition coefficient (Wildman–Crippen LogP) is 3.60. The van der Waals surface area contributed by atoms with E-state index in [1.54, 1.807) is 0 Å². The summed E-state index contributed by atoms with van der Waals surface area (Å²) >= 11 is 0. The Kier molecular flexibility index (Phi) is 13.9. The third kappa shape index (κ3) is 10.7. The van der Waals surface area contributed by atoms with Crippen LogP contribution in [0.1, 0.15) is 77.6 Å². The molecule has 126 valence electrons. The summed E-state index contributed by atoms with van der Waals surface area (Å²) in [5, 5.41) is 27.3. The molecule has 4 heteroatoms. The molecule has 0 spiro atoms. The molecule has 0 radical (unpaired) electrons. The highest BCUT2D eigenvalue weighted by Crippen LogP contribution is 2.20. The summed E-state index contributed by atoms with van der Waals surface area (Å²) in [6.45, 7) is 1.71. The Morgan fingerprint density at radius 3 is 1.62 bits per heavy atom. The normalized spacial score (nSPS) is 12.8. The molecule has 0 aromatic carbocycles. The lowest BCUT2D eigenvalue weighted by Gasteiger charge is -2.19. The minimum absolute atomic E-state index is 0.259. The van der Waals surface area contributed by atoms with Crippen LogP contribution in [0.2, 0.25) is 0 Å². The standard InChI is InChI=1S/C17H34O4/c1-2-3-4-5-6-7-8-9-10-11-12-16(17(20)21)15(13-18)14-19/h15-16,18-19H,2-14H2,1H3,(H,20,21). The van der Waals surface area contributed by atoms with Crippen molar-refractivity contribution in [3.05, 3.63) is 0 Å². The Bertz CT molecular complexity index is 239. The van der Waals surface area contributed by atoms with Crippen LogP contribution >= 0.6 is 0 Å². The van der Waals surface area contributed by atoms with Gasteiger partial charge >= 0.3 is 5.97 Å². The second-order valence-corrected chi connectivity index (χ2v) is 6.04. The Morgan fingerprint density at radius 2 is 1.24 bits per heavy atom. The number of hydrogen-bond donors (Lipinski definition) is 3. The minimum atomic E-state index is -0.904. The van der Waals surface area contributed by atoms with Crippen LogP contribution in [0.15, 0.2) is 0 Å². The van der Waals surface area contributed by atoms with Gasteiger partial charge < -0.3 is 15.3 Å². The summed E-state index contributed by atoms with van der Waals surface area (Å²) in [5.74, 6) is -2.05. The lowest BCUT2D eigenvalue weighted by Crippen LogP contribution is -2.29. The van der Waals surface area contributed by atoms with Crippen molar-refractivity contribution in [2.75, 3.05) is 13.2 Å². The summed E-state index contributed by atoms with van der Waals surface area (Å²) in [6.07, 6.45) is 12.8. The molecule has 0 aliphatic rings. The fourth-order valence-corrected chi connectivity index (χ4v) is 2.72. The van der Waals surface area contributed by atoms with E-state index in [9.17, 15) is 4.79 Å². The van der Waals surface area contributed by atoms with Crippen LogP contribution in [0.4, 0.5) is 0 Å². The van der Waals surface area contributed by atoms with Crippen LogP contribution in [0.5, 0.6) is 0 Å². The maximum Gasteiger partial charge on any atom is 0.306 e. The van der Waals surface area contributed by atoms with Crippen LogP contribution in [0, 0.1) is 11.8 Å². The SMILES string of the molecule is CCCCCCCCCCCCC(C(=O)O)C(CO)CO. The van der Waals surface area contributed by atoms with Gasteiger partial charge in [0, 0.05) is 19.1 Å². The highest BCUT2D eigenvalue weighted by Gasteiger charge is 2.26. The first kappa shape index (κ1) is 20.4.